The third-order valence-corrected chi connectivity index (χ3v) is 65.0. The van der Waals surface area contributed by atoms with Crippen LogP contribution in [0.1, 0.15) is 178 Å². The maximum Gasteiger partial charge on any atom is 0.0733 e. The Labute approximate surface area is 261 Å². The van der Waals surface area contributed by atoms with Crippen LogP contribution in [0.5, 0.6) is 0 Å². The topological polar surface area (TPSA) is 0 Å². The van der Waals surface area contributed by atoms with Crippen molar-refractivity contribution in [3.63, 3.8) is 0 Å². The van der Waals surface area contributed by atoms with Crippen LogP contribution >= 0.6 is 6.57 Å². The predicted octanol–water partition coefficient (Wildman–Crippen LogP) is 15.5. The van der Waals surface area contributed by atoms with Gasteiger partial charge in [-0.25, -0.2) is 0 Å². The van der Waals surface area contributed by atoms with Gasteiger partial charge in [-0.2, -0.15) is 0 Å². The van der Waals surface area contributed by atoms with Crippen LogP contribution in [0.25, 0.3) is 0 Å². The van der Waals surface area contributed by atoms with Gasteiger partial charge in [-0.05, 0) is 0 Å². The molecule has 0 radical (unpaired) electrons. The monoisotopic (exact) mass is 629 g/mol. The lowest BCUT2D eigenvalue weighted by atomic mass is 10.4. The third kappa shape index (κ3) is 13.8. The van der Waals surface area contributed by atoms with Gasteiger partial charge in [-0.1, -0.05) is 232 Å². The standard InChI is InChI=1S/C36H81PSi3/c1-10-19-28-38(29-20-11-2,30-21-12-3)37(39(31-22-13-4,32-23-14-5)33-24-15-6)40(34-25-16-7,35-26-17-8)36-27-18-9/h10-36H2,1-9H3. The van der Waals surface area contributed by atoms with Gasteiger partial charge in [0.25, 0.3) is 0 Å². The smallest absolute Gasteiger partial charge is 0.0733 e. The van der Waals surface area contributed by atoms with Crippen LogP contribution in [0.15, 0.2) is 0 Å². The SMILES string of the molecule is CCCC[Si](CCCC)(CCCC)P([Si](CCCC)(CCCC)CCCC)[Si](CCCC)(CCCC)CCCC. The van der Waals surface area contributed by atoms with E-state index in [0.717, 1.165) is 0 Å². The molecule has 0 spiro atoms. The molecule has 0 aromatic rings. The first-order chi connectivity index (χ1) is 19.4. The average molecular weight is 629 g/mol. The molecule has 0 aliphatic carbocycles. The highest BCUT2D eigenvalue weighted by molar-refractivity contribution is 8.37. The second-order valence-electron chi connectivity index (χ2n) is 13.9. The molecular formula is C36H81PSi3. The van der Waals surface area contributed by atoms with Gasteiger partial charge < -0.3 is 0 Å². The van der Waals surface area contributed by atoms with Crippen molar-refractivity contribution in [3.05, 3.63) is 0 Å². The largest absolute Gasteiger partial charge is 0.138 e. The highest BCUT2D eigenvalue weighted by atomic mass is 31.8. The fourth-order valence-electron chi connectivity index (χ4n) is 8.19. The Morgan fingerprint density at radius 2 is 0.375 bits per heavy atom. The molecule has 0 saturated heterocycles. The normalized spacial score (nSPS) is 13.1. The van der Waals surface area contributed by atoms with E-state index in [0.29, 0.717) is 6.57 Å². The van der Waals surface area contributed by atoms with Gasteiger partial charge in [-0.3, -0.25) is 0 Å². The van der Waals surface area contributed by atoms with Gasteiger partial charge in [-0.15, -0.1) is 6.57 Å². The highest BCUT2D eigenvalue weighted by Gasteiger charge is 2.58. The van der Waals surface area contributed by atoms with Crippen LogP contribution in [0.4, 0.5) is 0 Å². The van der Waals surface area contributed by atoms with Crippen LogP contribution in [0.2, 0.25) is 54.4 Å². The summed E-state index contributed by atoms with van der Waals surface area (Å²) in [6.07, 6.45) is 27.1. The Balaban J connectivity index is 7.80. The molecule has 4 heteroatoms. The van der Waals surface area contributed by atoms with E-state index < -0.39 is 23.2 Å². The van der Waals surface area contributed by atoms with Crippen molar-refractivity contribution in [2.75, 3.05) is 0 Å². The zero-order chi connectivity index (χ0) is 30.2. The van der Waals surface area contributed by atoms with E-state index >= 15 is 0 Å². The van der Waals surface area contributed by atoms with Crippen LogP contribution in [0, 0.1) is 0 Å². The fraction of sp³-hybridized carbons (Fsp3) is 1.00. The number of hydrogen-bond donors (Lipinski definition) is 0. The van der Waals surface area contributed by atoms with Crippen LogP contribution in [-0.2, 0) is 0 Å². The fourth-order valence-corrected chi connectivity index (χ4v) is 89.2. The first kappa shape index (κ1) is 41.1. The van der Waals surface area contributed by atoms with Crippen molar-refractivity contribution < 1.29 is 0 Å². The Morgan fingerprint density at radius 1 is 0.250 bits per heavy atom. The van der Waals surface area contributed by atoms with Gasteiger partial charge in [0.15, 0.2) is 0 Å². The van der Waals surface area contributed by atoms with Gasteiger partial charge in [0.05, 0.1) is 23.2 Å². The molecule has 0 atom stereocenters. The Bertz CT molecular complexity index is 411. The lowest BCUT2D eigenvalue weighted by Crippen LogP contribution is -2.55. The van der Waals surface area contributed by atoms with Crippen LogP contribution in [0.3, 0.4) is 0 Å². The molecule has 0 amide bonds. The molecular weight excluding hydrogens is 548 g/mol. The molecule has 242 valence electrons. The molecule has 0 fully saturated rings. The maximum absolute atomic E-state index is 2.52. The number of hydrogen-bond acceptors (Lipinski definition) is 0. The Morgan fingerprint density at radius 3 is 0.475 bits per heavy atom. The zero-order valence-corrected chi connectivity index (χ0v) is 33.9. The molecule has 0 aliphatic heterocycles. The minimum atomic E-state index is -1.37. The van der Waals surface area contributed by atoms with Crippen molar-refractivity contribution in [3.8, 4) is 0 Å². The lowest BCUT2D eigenvalue weighted by molar-refractivity contribution is 0.797. The number of rotatable bonds is 30. The minimum absolute atomic E-state index is 0.308. The van der Waals surface area contributed by atoms with Crippen molar-refractivity contribution in [1.82, 2.24) is 0 Å². The van der Waals surface area contributed by atoms with Crippen LogP contribution < -0.4 is 0 Å². The van der Waals surface area contributed by atoms with Crippen molar-refractivity contribution >= 4 is 29.8 Å². The predicted molar refractivity (Wildman–Crippen MR) is 202 cm³/mol. The first-order valence-electron chi connectivity index (χ1n) is 19.2. The van der Waals surface area contributed by atoms with E-state index in [9.17, 15) is 0 Å². The summed E-state index contributed by atoms with van der Waals surface area (Å²) in [6, 6.07) is 15.7. The molecule has 0 bridgehead atoms. The van der Waals surface area contributed by atoms with E-state index in [4.69, 9.17) is 0 Å². The molecule has 0 rings (SSSR count). The highest BCUT2D eigenvalue weighted by Crippen LogP contribution is 2.73. The molecule has 0 heterocycles. The van der Waals surface area contributed by atoms with E-state index in [1.807, 2.05) is 0 Å². The summed E-state index contributed by atoms with van der Waals surface area (Å²) in [5, 5.41) is 0. The maximum atomic E-state index is 2.52. The number of unbranched alkanes of at least 4 members (excludes halogenated alkanes) is 9. The molecule has 0 aliphatic rings. The van der Waals surface area contributed by atoms with Gasteiger partial charge in [0.2, 0.25) is 0 Å². The second-order valence-corrected chi connectivity index (χ2v) is 43.0. The quantitative estimate of drug-likeness (QED) is 0.0548. The van der Waals surface area contributed by atoms with Crippen molar-refractivity contribution in [2.24, 2.45) is 0 Å². The summed E-state index contributed by atoms with van der Waals surface area (Å²) in [5.41, 5.74) is 0. The first-order valence-corrected chi connectivity index (χ1v) is 30.9. The summed E-state index contributed by atoms with van der Waals surface area (Å²) in [5.74, 6) is 0. The van der Waals surface area contributed by atoms with Crippen molar-refractivity contribution in [1.29, 1.82) is 0 Å². The average Bonchev–Trinajstić information content (AvgIpc) is 2.98. The van der Waals surface area contributed by atoms with Crippen molar-refractivity contribution in [2.45, 2.75) is 232 Å². The van der Waals surface area contributed by atoms with Gasteiger partial charge in [0.1, 0.15) is 0 Å². The van der Waals surface area contributed by atoms with E-state index in [-0.39, 0.29) is 0 Å². The summed E-state index contributed by atoms with van der Waals surface area (Å²) in [7, 11) is -4.11. The molecule has 0 saturated carbocycles. The van der Waals surface area contributed by atoms with Gasteiger partial charge >= 0.3 is 0 Å². The summed E-state index contributed by atoms with van der Waals surface area (Å²) in [4.78, 5) is 0. The zero-order valence-electron chi connectivity index (χ0n) is 30.0. The summed E-state index contributed by atoms with van der Waals surface area (Å²) in [6.45, 7) is 23.0. The second kappa shape index (κ2) is 25.4. The van der Waals surface area contributed by atoms with Crippen LogP contribution in [-0.4, -0.2) is 23.2 Å². The Hall–Kier alpha value is 1.08. The molecule has 0 unspecified atom stereocenters. The molecule has 0 aromatic heterocycles. The Kier molecular flexibility index (Phi) is 26.1. The molecule has 0 nitrogen and oxygen atoms in total. The molecule has 40 heavy (non-hydrogen) atoms. The third-order valence-electron chi connectivity index (χ3n) is 10.4. The van der Waals surface area contributed by atoms with E-state index in [2.05, 4.69) is 62.3 Å². The molecule has 0 aromatic carbocycles. The summed E-state index contributed by atoms with van der Waals surface area (Å²) < 4.78 is 0. The van der Waals surface area contributed by atoms with Gasteiger partial charge in [0, 0.05) is 0 Å². The molecule has 0 N–H and O–H groups in total. The van der Waals surface area contributed by atoms with E-state index in [1.165, 1.54) is 57.8 Å². The summed E-state index contributed by atoms with van der Waals surface area (Å²) >= 11 is 0. The van der Waals surface area contributed by atoms with E-state index in [1.54, 1.807) is 112 Å². The lowest BCUT2D eigenvalue weighted by Gasteiger charge is -2.60. The minimum Gasteiger partial charge on any atom is -0.138 e.